The van der Waals surface area contributed by atoms with Crippen LogP contribution in [0.3, 0.4) is 0 Å². The van der Waals surface area contributed by atoms with Crippen LogP contribution >= 0.6 is 0 Å². The molecule has 0 aromatic carbocycles. The molecule has 1 unspecified atom stereocenters. The van der Waals surface area contributed by atoms with Crippen molar-refractivity contribution in [3.8, 4) is 0 Å². The van der Waals surface area contributed by atoms with Crippen molar-refractivity contribution in [1.82, 2.24) is 4.98 Å². The number of allylic oxidation sites excluding steroid dienone is 15. The molecule has 1 aromatic heterocycles. The molecule has 8 bridgehead atoms. The number of aromatic nitrogens is 1. The number of aliphatic hydroxyl groups is 1. The Morgan fingerprint density at radius 3 is 2.00 bits per heavy atom. The molecule has 10 nitrogen and oxygen atoms in total. The molecule has 11 heteroatoms. The van der Waals surface area contributed by atoms with Gasteiger partial charge in [-0.15, -0.1) is 17.0 Å². The zero-order chi connectivity index (χ0) is 43.0. The van der Waals surface area contributed by atoms with Crippen molar-refractivity contribution in [3.05, 3.63) is 138 Å². The quantitative estimate of drug-likeness (QED) is 0.0833. The molecular formula is C49H56FeN4O6. The summed E-state index contributed by atoms with van der Waals surface area (Å²) in [6, 6.07) is 0. The second kappa shape index (κ2) is 21.3. The number of fused-ring (bicyclic) bond motifs is 5. The number of aliphatic imine (C=N–C) groups is 3. The zero-order valence-electron chi connectivity index (χ0n) is 35.8. The summed E-state index contributed by atoms with van der Waals surface area (Å²) in [5.41, 5.74) is 12.3. The summed E-state index contributed by atoms with van der Waals surface area (Å²) in [6.07, 6.45) is 20.5. The molecule has 0 saturated heterocycles. The molecule has 0 radical (unpaired) electrons. The third-order valence-corrected chi connectivity index (χ3v) is 11.1. The number of hydrogen-bond acceptors (Lipinski definition) is 7. The van der Waals surface area contributed by atoms with Crippen molar-refractivity contribution in [3.63, 3.8) is 0 Å². The number of aliphatic hydroxyl groups excluding tert-OH is 1. The Kier molecular flexibility index (Phi) is 16.8. The molecule has 0 saturated carbocycles. The summed E-state index contributed by atoms with van der Waals surface area (Å²) in [6.45, 7) is 18.4. The van der Waals surface area contributed by atoms with Gasteiger partial charge in [0.1, 0.15) is 0 Å². The SMILES string of the molecule is C=CC1=C(C)C2=CC3=NC(=CC4=NC(=C(CCC(=O)O)C4=C[O-])C=c4[n-]c(c(C)c4CCC(=O)O)=CC1=N2)C(C)=C3C(O)CCC=C(C)CCC=C(C)CCC=C(C)C.[Fe+2]. The number of carboxylic acids is 2. The molecule has 1 atom stereocenters. The number of carboxylic acid groups (broad SMARTS) is 2. The second-order valence-corrected chi connectivity index (χ2v) is 15.8. The van der Waals surface area contributed by atoms with E-state index < -0.39 is 18.0 Å². The van der Waals surface area contributed by atoms with E-state index in [-0.39, 0.29) is 48.3 Å². The maximum absolute atomic E-state index is 12.8. The smallest absolute Gasteiger partial charge is 0.877 e. The fourth-order valence-corrected chi connectivity index (χ4v) is 7.72. The van der Waals surface area contributed by atoms with Gasteiger partial charge in [0.2, 0.25) is 0 Å². The van der Waals surface area contributed by atoms with Gasteiger partial charge in [-0.05, 0) is 134 Å². The third kappa shape index (κ3) is 11.5. The largest absolute Gasteiger partial charge is 2.00 e. The van der Waals surface area contributed by atoms with Gasteiger partial charge in [-0.25, -0.2) is 15.0 Å². The van der Waals surface area contributed by atoms with Crippen molar-refractivity contribution < 1.29 is 47.1 Å². The molecule has 0 spiro atoms. The molecule has 3 N–H and O–H groups in total. The first-order valence-corrected chi connectivity index (χ1v) is 20.3. The summed E-state index contributed by atoms with van der Waals surface area (Å²) >= 11 is 0. The van der Waals surface area contributed by atoms with Crippen molar-refractivity contribution in [2.24, 2.45) is 15.0 Å². The van der Waals surface area contributed by atoms with Crippen molar-refractivity contribution >= 4 is 41.2 Å². The number of carbonyl (C=O) groups is 2. The number of hydrogen-bond donors (Lipinski definition) is 3. The first-order chi connectivity index (χ1) is 28.1. The Morgan fingerprint density at radius 1 is 0.767 bits per heavy atom. The monoisotopic (exact) mass is 852 g/mol. The minimum absolute atomic E-state index is 0. The van der Waals surface area contributed by atoms with Crippen LogP contribution in [0.1, 0.15) is 110 Å². The summed E-state index contributed by atoms with van der Waals surface area (Å²) in [5, 5.41) is 44.9. The molecule has 5 rings (SSSR count). The molecule has 1 aromatic rings. The van der Waals surface area contributed by atoms with Gasteiger partial charge < -0.3 is 25.4 Å². The molecule has 4 aliphatic heterocycles. The maximum Gasteiger partial charge on any atom is 2.00 e. The van der Waals surface area contributed by atoms with Gasteiger partial charge in [-0.1, -0.05) is 70.9 Å². The van der Waals surface area contributed by atoms with E-state index in [4.69, 9.17) is 20.0 Å². The average molecular weight is 853 g/mol. The van der Waals surface area contributed by atoms with Gasteiger partial charge in [0.15, 0.2) is 0 Å². The van der Waals surface area contributed by atoms with Crippen molar-refractivity contribution in [1.29, 1.82) is 0 Å². The minimum atomic E-state index is -1.02. The third-order valence-electron chi connectivity index (χ3n) is 11.1. The number of rotatable bonds is 17. The standard InChI is InChI=1S/C49H58N4O6.Fe/c1-9-34-31(6)39-25-45-49(46(55)18-12-17-30(5)16-11-15-29(4)14-10-13-28(2)3)33(8)40(52-45)24-44-37(27-54)36(20-22-48(58)59)43(53-44)26-42-35(19-21-47(56)57)32(7)38(51-42)23-41(34)50-39;/h9,13,15,17,23-27,46,55H,1,10-12,14,16,18-22H2,2-8H3,(H4,50,51,52,53,54,56,57,58,59);/q;+2/p-2. The van der Waals surface area contributed by atoms with Crippen LogP contribution < -0.4 is 20.8 Å². The van der Waals surface area contributed by atoms with Gasteiger partial charge in [0.25, 0.3) is 0 Å². The van der Waals surface area contributed by atoms with Crippen LogP contribution in [0.4, 0.5) is 0 Å². The van der Waals surface area contributed by atoms with E-state index in [1.54, 1.807) is 18.2 Å². The zero-order valence-corrected chi connectivity index (χ0v) is 36.9. The average Bonchev–Trinajstić information content (AvgIpc) is 3.85. The van der Waals surface area contributed by atoms with Crippen LogP contribution in [-0.4, -0.2) is 50.5 Å². The van der Waals surface area contributed by atoms with Crippen molar-refractivity contribution in [2.45, 2.75) is 119 Å². The summed E-state index contributed by atoms with van der Waals surface area (Å²) in [5.74, 6) is -1.98. The fourth-order valence-electron chi connectivity index (χ4n) is 7.72. The Morgan fingerprint density at radius 2 is 1.37 bits per heavy atom. The van der Waals surface area contributed by atoms with Gasteiger partial charge in [-0.3, -0.25) is 9.59 Å². The first kappa shape index (κ1) is 47.3. The van der Waals surface area contributed by atoms with Gasteiger partial charge in [-0.2, -0.15) is 0 Å². The summed E-state index contributed by atoms with van der Waals surface area (Å²) in [7, 11) is 0. The van der Waals surface area contributed by atoms with Gasteiger partial charge in [0, 0.05) is 24.0 Å². The normalized spacial score (nSPS) is 17.7. The fraction of sp³-hybridized carbons (Fsp3) is 0.367. The van der Waals surface area contributed by atoms with E-state index in [0.29, 0.717) is 80.7 Å². The first-order valence-electron chi connectivity index (χ1n) is 20.3. The van der Waals surface area contributed by atoms with Crippen LogP contribution in [0.5, 0.6) is 0 Å². The molecular weight excluding hydrogens is 796 g/mol. The molecule has 0 fully saturated rings. The van der Waals surface area contributed by atoms with Crippen molar-refractivity contribution in [2.75, 3.05) is 0 Å². The molecule has 316 valence electrons. The molecule has 60 heavy (non-hydrogen) atoms. The predicted molar refractivity (Wildman–Crippen MR) is 235 cm³/mol. The minimum Gasteiger partial charge on any atom is -0.877 e. The molecule has 0 amide bonds. The summed E-state index contributed by atoms with van der Waals surface area (Å²) in [4.78, 5) is 43.2. The van der Waals surface area contributed by atoms with E-state index in [1.807, 2.05) is 32.9 Å². The molecule has 0 aliphatic carbocycles. The molecule has 5 heterocycles. The Hall–Kier alpha value is -5.35. The van der Waals surface area contributed by atoms with E-state index >= 15 is 0 Å². The van der Waals surface area contributed by atoms with Crippen LogP contribution in [0, 0.1) is 6.92 Å². The molecule has 4 aliphatic rings. The van der Waals surface area contributed by atoms with E-state index in [9.17, 15) is 30.0 Å². The van der Waals surface area contributed by atoms with E-state index in [0.717, 1.165) is 48.0 Å². The van der Waals surface area contributed by atoms with Crippen LogP contribution in [0.2, 0.25) is 0 Å². The van der Waals surface area contributed by atoms with Crippen LogP contribution in [0.25, 0.3) is 12.2 Å². The Bertz CT molecular complexity index is 2450. The maximum atomic E-state index is 12.8. The number of nitrogens with zero attached hydrogens (tertiary/aromatic N) is 4. The van der Waals surface area contributed by atoms with Crippen LogP contribution in [-0.2, 0) is 33.1 Å². The Labute approximate surface area is 364 Å². The van der Waals surface area contributed by atoms with Crippen LogP contribution in [0.15, 0.2) is 132 Å². The number of aliphatic carboxylic acids is 2. The topological polar surface area (TPSA) is 169 Å². The summed E-state index contributed by atoms with van der Waals surface area (Å²) < 4.78 is 0. The predicted octanol–water partition coefficient (Wildman–Crippen LogP) is 7.42. The second-order valence-electron chi connectivity index (χ2n) is 15.8. The van der Waals surface area contributed by atoms with E-state index in [1.165, 1.54) is 16.7 Å². The Balaban J connectivity index is 0.00000794. The van der Waals surface area contributed by atoms with E-state index in [2.05, 4.69) is 52.5 Å². The van der Waals surface area contributed by atoms with Gasteiger partial charge in [0.05, 0.1) is 40.3 Å². The van der Waals surface area contributed by atoms with Gasteiger partial charge >= 0.3 is 29.0 Å².